The third-order valence-electron chi connectivity index (χ3n) is 1.99. The van der Waals surface area contributed by atoms with Gasteiger partial charge in [-0.05, 0) is 19.1 Å². The number of nitrogens with zero attached hydrogens (tertiary/aromatic N) is 2. The highest BCUT2D eigenvalue weighted by molar-refractivity contribution is 7.11. The number of pyridine rings is 1. The second-order valence-electron chi connectivity index (χ2n) is 3.27. The predicted molar refractivity (Wildman–Crippen MR) is 66.2 cm³/mol. The van der Waals surface area contributed by atoms with Crippen LogP contribution in [0, 0.1) is 6.92 Å². The van der Waals surface area contributed by atoms with E-state index in [9.17, 15) is 0 Å². The van der Waals surface area contributed by atoms with Gasteiger partial charge in [0.1, 0.15) is 16.6 Å². The second kappa shape index (κ2) is 4.91. The van der Waals surface area contributed by atoms with Gasteiger partial charge >= 0.3 is 0 Å². The highest BCUT2D eigenvalue weighted by atomic mass is 32.1. The lowest BCUT2D eigenvalue weighted by Gasteiger charge is -2.05. The first-order chi connectivity index (χ1) is 7.78. The van der Waals surface area contributed by atoms with Crippen molar-refractivity contribution in [3.05, 3.63) is 34.3 Å². The Kier molecular flexibility index (Phi) is 3.33. The van der Waals surface area contributed by atoms with Gasteiger partial charge in [-0.3, -0.25) is 0 Å². The van der Waals surface area contributed by atoms with E-state index in [4.69, 9.17) is 5.84 Å². The Hall–Kier alpha value is -1.66. The topological polar surface area (TPSA) is 75.9 Å². The molecular formula is C10H13N5S. The lowest BCUT2D eigenvalue weighted by molar-refractivity contribution is 1.07. The van der Waals surface area contributed by atoms with Crippen LogP contribution >= 0.6 is 11.3 Å². The summed E-state index contributed by atoms with van der Waals surface area (Å²) in [5, 5.41) is 4.24. The van der Waals surface area contributed by atoms with Crippen molar-refractivity contribution in [2.75, 3.05) is 10.7 Å². The number of hydrogen-bond acceptors (Lipinski definition) is 6. The Balaban J connectivity index is 1.99. The molecule has 0 unspecified atom stereocenters. The van der Waals surface area contributed by atoms with Crippen LogP contribution in [0.15, 0.2) is 24.4 Å². The number of aryl methyl sites for hydroxylation is 1. The van der Waals surface area contributed by atoms with Crippen LogP contribution in [0.25, 0.3) is 0 Å². The molecule has 6 heteroatoms. The van der Waals surface area contributed by atoms with Crippen molar-refractivity contribution in [3.8, 4) is 0 Å². The quantitative estimate of drug-likeness (QED) is 0.556. The van der Waals surface area contributed by atoms with E-state index in [1.807, 2.05) is 25.3 Å². The minimum Gasteiger partial charge on any atom is -0.363 e. The largest absolute Gasteiger partial charge is 0.363 e. The molecule has 0 saturated carbocycles. The molecule has 0 bridgehead atoms. The summed E-state index contributed by atoms with van der Waals surface area (Å²) in [6, 6.07) is 5.58. The molecule has 0 aromatic carbocycles. The molecule has 2 aromatic rings. The monoisotopic (exact) mass is 235 g/mol. The third-order valence-corrected chi connectivity index (χ3v) is 2.90. The van der Waals surface area contributed by atoms with Gasteiger partial charge in [0, 0.05) is 11.1 Å². The van der Waals surface area contributed by atoms with Crippen molar-refractivity contribution in [3.63, 3.8) is 0 Å². The number of hydrogen-bond donors (Lipinski definition) is 3. The highest BCUT2D eigenvalue weighted by Gasteiger charge is 1.99. The molecule has 0 atom stereocenters. The summed E-state index contributed by atoms with van der Waals surface area (Å²) in [5.41, 5.74) is 2.51. The lowest BCUT2D eigenvalue weighted by Crippen LogP contribution is -2.09. The van der Waals surface area contributed by atoms with Crippen LogP contribution in [0.1, 0.15) is 9.88 Å². The molecule has 0 aliphatic heterocycles. The smallest absolute Gasteiger partial charge is 0.142 e. The van der Waals surface area contributed by atoms with Crippen molar-refractivity contribution in [1.82, 2.24) is 9.97 Å². The maximum absolute atomic E-state index is 5.28. The SMILES string of the molecule is Cc1cnc(CNc2cccc(NN)n2)s1. The molecule has 0 fully saturated rings. The van der Waals surface area contributed by atoms with Gasteiger partial charge in [0.15, 0.2) is 0 Å². The van der Waals surface area contributed by atoms with E-state index < -0.39 is 0 Å². The van der Waals surface area contributed by atoms with E-state index in [0.717, 1.165) is 10.8 Å². The van der Waals surface area contributed by atoms with Crippen molar-refractivity contribution in [2.24, 2.45) is 5.84 Å². The number of thiazole rings is 1. The fourth-order valence-corrected chi connectivity index (χ4v) is 1.99. The summed E-state index contributed by atoms with van der Waals surface area (Å²) in [5.74, 6) is 6.70. The first-order valence-corrected chi connectivity index (χ1v) is 5.68. The van der Waals surface area contributed by atoms with Gasteiger partial charge in [0.2, 0.25) is 0 Å². The first kappa shape index (κ1) is 10.8. The molecule has 84 valence electrons. The van der Waals surface area contributed by atoms with Gasteiger partial charge in [-0.15, -0.1) is 11.3 Å². The van der Waals surface area contributed by atoms with Crippen molar-refractivity contribution in [1.29, 1.82) is 0 Å². The van der Waals surface area contributed by atoms with E-state index in [2.05, 4.69) is 20.7 Å². The molecule has 0 aliphatic carbocycles. The van der Waals surface area contributed by atoms with E-state index in [0.29, 0.717) is 12.4 Å². The number of nitrogens with two attached hydrogens (primary N) is 1. The summed E-state index contributed by atoms with van der Waals surface area (Å²) in [4.78, 5) is 9.71. The molecule has 2 heterocycles. The minimum absolute atomic E-state index is 0.639. The van der Waals surface area contributed by atoms with E-state index in [-0.39, 0.29) is 0 Å². The number of hydrazine groups is 1. The standard InChI is InChI=1S/C10H13N5S/c1-7-5-13-10(16-7)6-12-8-3-2-4-9(14-8)15-11/h2-5H,6,11H2,1H3,(H2,12,14,15). The average molecular weight is 235 g/mol. The molecule has 0 spiro atoms. The molecule has 16 heavy (non-hydrogen) atoms. The van der Waals surface area contributed by atoms with Gasteiger partial charge in [0.05, 0.1) is 6.54 Å². The van der Waals surface area contributed by atoms with E-state index in [1.165, 1.54) is 4.88 Å². The Labute approximate surface area is 97.7 Å². The third kappa shape index (κ3) is 2.68. The van der Waals surface area contributed by atoms with Crippen molar-refractivity contribution in [2.45, 2.75) is 13.5 Å². The number of nitrogen functional groups attached to an aromatic ring is 1. The normalized spacial score (nSPS) is 10.1. The first-order valence-electron chi connectivity index (χ1n) is 4.87. The number of aromatic nitrogens is 2. The molecular weight excluding hydrogens is 222 g/mol. The summed E-state index contributed by atoms with van der Waals surface area (Å²) >= 11 is 1.68. The van der Waals surface area contributed by atoms with Gasteiger partial charge in [-0.1, -0.05) is 6.07 Å². The van der Waals surface area contributed by atoms with Crippen LogP contribution in [0.2, 0.25) is 0 Å². The zero-order valence-electron chi connectivity index (χ0n) is 8.90. The molecule has 2 aromatic heterocycles. The minimum atomic E-state index is 0.639. The lowest BCUT2D eigenvalue weighted by atomic mass is 10.4. The van der Waals surface area contributed by atoms with Gasteiger partial charge in [-0.2, -0.15) is 0 Å². The maximum atomic E-state index is 5.28. The fraction of sp³-hybridized carbons (Fsp3) is 0.200. The average Bonchev–Trinajstić information content (AvgIpc) is 2.73. The number of rotatable bonds is 4. The van der Waals surface area contributed by atoms with E-state index in [1.54, 1.807) is 17.4 Å². The zero-order chi connectivity index (χ0) is 11.4. The Morgan fingerprint density at radius 3 is 2.88 bits per heavy atom. The van der Waals surface area contributed by atoms with Crippen LogP contribution < -0.4 is 16.6 Å². The fourth-order valence-electron chi connectivity index (χ4n) is 1.26. The van der Waals surface area contributed by atoms with Crippen LogP contribution in [0.3, 0.4) is 0 Å². The molecule has 4 N–H and O–H groups in total. The predicted octanol–water partition coefficient (Wildman–Crippen LogP) is 1.74. The van der Waals surface area contributed by atoms with Crippen LogP contribution in [0.4, 0.5) is 11.6 Å². The van der Waals surface area contributed by atoms with E-state index >= 15 is 0 Å². The Morgan fingerprint density at radius 1 is 1.38 bits per heavy atom. The van der Waals surface area contributed by atoms with Gasteiger partial charge in [-0.25, -0.2) is 15.8 Å². The highest BCUT2D eigenvalue weighted by Crippen LogP contribution is 2.13. The number of anilines is 2. The Morgan fingerprint density at radius 2 is 2.19 bits per heavy atom. The van der Waals surface area contributed by atoms with Gasteiger partial charge < -0.3 is 10.7 Å². The Bertz CT molecular complexity index is 468. The number of nitrogens with one attached hydrogen (secondary N) is 2. The second-order valence-corrected chi connectivity index (χ2v) is 4.59. The molecule has 5 nitrogen and oxygen atoms in total. The molecule has 0 saturated heterocycles. The molecule has 2 rings (SSSR count). The molecule has 0 radical (unpaired) electrons. The summed E-state index contributed by atoms with van der Waals surface area (Å²) in [6.07, 6.45) is 1.87. The van der Waals surface area contributed by atoms with Crippen LogP contribution in [0.5, 0.6) is 0 Å². The van der Waals surface area contributed by atoms with Crippen LogP contribution in [-0.2, 0) is 6.54 Å². The van der Waals surface area contributed by atoms with Crippen molar-refractivity contribution >= 4 is 23.0 Å². The summed E-state index contributed by atoms with van der Waals surface area (Å²) in [7, 11) is 0. The maximum Gasteiger partial charge on any atom is 0.142 e. The molecule has 0 aliphatic rings. The van der Waals surface area contributed by atoms with Crippen molar-refractivity contribution < 1.29 is 0 Å². The van der Waals surface area contributed by atoms with Crippen LogP contribution in [-0.4, -0.2) is 9.97 Å². The zero-order valence-corrected chi connectivity index (χ0v) is 9.71. The van der Waals surface area contributed by atoms with Gasteiger partial charge in [0.25, 0.3) is 0 Å². The summed E-state index contributed by atoms with van der Waals surface area (Å²) in [6.45, 7) is 2.72. The summed E-state index contributed by atoms with van der Waals surface area (Å²) < 4.78 is 0. The molecule has 0 amide bonds.